The summed E-state index contributed by atoms with van der Waals surface area (Å²) in [7, 11) is 0. The molecule has 72 valence electrons. The van der Waals surface area contributed by atoms with Gasteiger partial charge in [-0.25, -0.2) is 0 Å². The Morgan fingerprint density at radius 1 is 1.14 bits per heavy atom. The maximum absolute atomic E-state index is 2.26. The zero-order valence-electron chi connectivity index (χ0n) is 8.58. The first-order chi connectivity index (χ1) is 6.75. The van der Waals surface area contributed by atoms with Crippen molar-refractivity contribution < 1.29 is 0 Å². The summed E-state index contributed by atoms with van der Waals surface area (Å²) in [4.78, 5) is 1.44. The Morgan fingerprint density at radius 2 is 2.00 bits per heavy atom. The number of hydrogen-bond donors (Lipinski definition) is 0. The summed E-state index contributed by atoms with van der Waals surface area (Å²) in [6.07, 6.45) is 1.07. The second kappa shape index (κ2) is 3.97. The quantitative estimate of drug-likeness (QED) is 0.691. The van der Waals surface area contributed by atoms with Crippen LogP contribution in [0.5, 0.6) is 0 Å². The molecule has 0 saturated carbocycles. The molecule has 0 aliphatic carbocycles. The summed E-state index contributed by atoms with van der Waals surface area (Å²) in [5.41, 5.74) is 4.21. The van der Waals surface area contributed by atoms with Crippen LogP contribution in [0, 0.1) is 13.8 Å². The van der Waals surface area contributed by atoms with E-state index in [1.54, 1.807) is 0 Å². The summed E-state index contributed by atoms with van der Waals surface area (Å²) in [6, 6.07) is 11.0. The lowest BCUT2D eigenvalue weighted by atomic mass is 10.0. The van der Waals surface area contributed by atoms with Crippen molar-refractivity contribution in [2.45, 2.75) is 20.3 Å². The number of aryl methyl sites for hydroxylation is 2. The third-order valence-corrected chi connectivity index (χ3v) is 3.33. The lowest BCUT2D eigenvalue weighted by molar-refractivity contribution is 1.18. The second-order valence-corrected chi connectivity index (χ2v) is 4.79. The first-order valence-corrected chi connectivity index (χ1v) is 5.72. The van der Waals surface area contributed by atoms with E-state index in [0.29, 0.717) is 0 Å². The predicted molar refractivity (Wildman–Crippen MR) is 63.0 cm³/mol. The predicted octanol–water partition coefficient (Wildman–Crippen LogP) is 3.96. The molecule has 1 heteroatoms. The summed E-state index contributed by atoms with van der Waals surface area (Å²) in [6.45, 7) is 4.33. The van der Waals surface area contributed by atoms with Crippen LogP contribution in [-0.4, -0.2) is 0 Å². The summed E-state index contributed by atoms with van der Waals surface area (Å²) >= 11 is 1.83. The van der Waals surface area contributed by atoms with E-state index in [-0.39, 0.29) is 0 Å². The molecule has 0 spiro atoms. The molecule has 2 aromatic rings. The normalized spacial score (nSPS) is 10.4. The van der Waals surface area contributed by atoms with Crippen molar-refractivity contribution in [3.8, 4) is 0 Å². The van der Waals surface area contributed by atoms with E-state index in [2.05, 4.69) is 49.6 Å². The number of rotatable bonds is 2. The molecule has 0 N–H and O–H groups in total. The molecule has 2 rings (SSSR count). The molecule has 0 bridgehead atoms. The Labute approximate surface area is 89.2 Å². The van der Waals surface area contributed by atoms with Crippen LogP contribution in [0.25, 0.3) is 0 Å². The van der Waals surface area contributed by atoms with E-state index in [0.717, 1.165) is 6.42 Å². The first kappa shape index (κ1) is 9.47. The zero-order valence-corrected chi connectivity index (χ0v) is 9.40. The number of hydrogen-bond acceptors (Lipinski definition) is 1. The molecular formula is C13H14S. The minimum absolute atomic E-state index is 1.07. The van der Waals surface area contributed by atoms with Crippen LogP contribution in [0.2, 0.25) is 0 Å². The lowest BCUT2D eigenvalue weighted by Gasteiger charge is -2.01. The first-order valence-electron chi connectivity index (χ1n) is 4.84. The molecule has 0 saturated heterocycles. The van der Waals surface area contributed by atoms with Gasteiger partial charge in [-0.05, 0) is 42.8 Å². The van der Waals surface area contributed by atoms with Crippen LogP contribution in [0.15, 0.2) is 35.7 Å². The minimum atomic E-state index is 1.07. The third-order valence-electron chi connectivity index (χ3n) is 2.44. The highest BCUT2D eigenvalue weighted by Gasteiger charge is 2.00. The van der Waals surface area contributed by atoms with Crippen LogP contribution in [-0.2, 0) is 6.42 Å². The Hall–Kier alpha value is -1.08. The average molecular weight is 202 g/mol. The van der Waals surface area contributed by atoms with Crippen molar-refractivity contribution in [1.82, 2.24) is 0 Å². The van der Waals surface area contributed by atoms with Gasteiger partial charge in [0.05, 0.1) is 0 Å². The lowest BCUT2D eigenvalue weighted by Crippen LogP contribution is -1.88. The standard InChI is InChI=1S/C13H14S/c1-10-4-3-5-12(8-10)9-13-6-7-14-11(13)2/h3-8H,9H2,1-2H3. The minimum Gasteiger partial charge on any atom is -0.149 e. The van der Waals surface area contributed by atoms with E-state index in [1.807, 2.05) is 11.3 Å². The summed E-state index contributed by atoms with van der Waals surface area (Å²) in [5, 5.41) is 2.17. The Morgan fingerprint density at radius 3 is 2.64 bits per heavy atom. The van der Waals surface area contributed by atoms with E-state index < -0.39 is 0 Å². The largest absolute Gasteiger partial charge is 0.149 e. The Kier molecular flexibility index (Phi) is 2.69. The van der Waals surface area contributed by atoms with Crippen LogP contribution in [0.3, 0.4) is 0 Å². The molecule has 0 fully saturated rings. The molecule has 0 amide bonds. The van der Waals surface area contributed by atoms with Crippen molar-refractivity contribution >= 4 is 11.3 Å². The van der Waals surface area contributed by atoms with Gasteiger partial charge >= 0.3 is 0 Å². The third kappa shape index (κ3) is 2.05. The molecule has 1 aromatic heterocycles. The van der Waals surface area contributed by atoms with Crippen molar-refractivity contribution in [1.29, 1.82) is 0 Å². The van der Waals surface area contributed by atoms with Crippen molar-refractivity contribution in [2.75, 3.05) is 0 Å². The van der Waals surface area contributed by atoms with E-state index in [9.17, 15) is 0 Å². The van der Waals surface area contributed by atoms with E-state index in [1.165, 1.54) is 21.6 Å². The smallest absolute Gasteiger partial charge is 0.00495 e. The van der Waals surface area contributed by atoms with Crippen molar-refractivity contribution in [3.63, 3.8) is 0 Å². The van der Waals surface area contributed by atoms with E-state index >= 15 is 0 Å². The van der Waals surface area contributed by atoms with E-state index in [4.69, 9.17) is 0 Å². The molecular weight excluding hydrogens is 188 g/mol. The SMILES string of the molecule is Cc1cccc(Cc2ccsc2C)c1. The van der Waals surface area contributed by atoms with Gasteiger partial charge in [0.1, 0.15) is 0 Å². The van der Waals surface area contributed by atoms with Gasteiger partial charge in [-0.15, -0.1) is 11.3 Å². The Balaban J connectivity index is 2.23. The molecule has 0 unspecified atom stereocenters. The fraction of sp³-hybridized carbons (Fsp3) is 0.231. The monoisotopic (exact) mass is 202 g/mol. The molecule has 14 heavy (non-hydrogen) atoms. The fourth-order valence-electron chi connectivity index (χ4n) is 1.64. The van der Waals surface area contributed by atoms with Gasteiger partial charge in [-0.2, -0.15) is 0 Å². The molecule has 0 aliphatic rings. The van der Waals surface area contributed by atoms with Gasteiger partial charge in [0.2, 0.25) is 0 Å². The van der Waals surface area contributed by atoms with Gasteiger partial charge in [0.15, 0.2) is 0 Å². The van der Waals surface area contributed by atoms with Crippen LogP contribution < -0.4 is 0 Å². The maximum atomic E-state index is 2.26. The molecule has 0 nitrogen and oxygen atoms in total. The highest BCUT2D eigenvalue weighted by Crippen LogP contribution is 2.19. The van der Waals surface area contributed by atoms with Gasteiger partial charge in [0, 0.05) is 4.88 Å². The zero-order chi connectivity index (χ0) is 9.97. The summed E-state index contributed by atoms with van der Waals surface area (Å²) < 4.78 is 0. The van der Waals surface area contributed by atoms with Gasteiger partial charge in [-0.1, -0.05) is 29.8 Å². The highest BCUT2D eigenvalue weighted by molar-refractivity contribution is 7.10. The Bertz CT molecular complexity index is 426. The molecule has 0 radical (unpaired) electrons. The molecule has 0 atom stereocenters. The molecule has 1 aromatic carbocycles. The highest BCUT2D eigenvalue weighted by atomic mass is 32.1. The van der Waals surface area contributed by atoms with Crippen molar-refractivity contribution in [3.05, 3.63) is 57.3 Å². The topological polar surface area (TPSA) is 0 Å². The van der Waals surface area contributed by atoms with Crippen LogP contribution >= 0.6 is 11.3 Å². The average Bonchev–Trinajstić information content (AvgIpc) is 2.52. The van der Waals surface area contributed by atoms with Crippen molar-refractivity contribution in [2.24, 2.45) is 0 Å². The van der Waals surface area contributed by atoms with Gasteiger partial charge in [-0.3, -0.25) is 0 Å². The van der Waals surface area contributed by atoms with Gasteiger partial charge < -0.3 is 0 Å². The fourth-order valence-corrected chi connectivity index (χ4v) is 2.36. The molecule has 1 heterocycles. The van der Waals surface area contributed by atoms with Crippen LogP contribution in [0.1, 0.15) is 21.6 Å². The number of thiophene rings is 1. The second-order valence-electron chi connectivity index (χ2n) is 3.67. The number of benzene rings is 1. The van der Waals surface area contributed by atoms with Crippen LogP contribution in [0.4, 0.5) is 0 Å². The van der Waals surface area contributed by atoms with Gasteiger partial charge in [0.25, 0.3) is 0 Å². The molecule has 0 aliphatic heterocycles. The maximum Gasteiger partial charge on any atom is 0.00495 e. The summed E-state index contributed by atoms with van der Waals surface area (Å²) in [5.74, 6) is 0.